The number of carbonyl (C=O) groups excluding carboxylic acids is 1. The molecule has 0 radical (unpaired) electrons. The third kappa shape index (κ3) is 3.86. The largest absolute Gasteiger partial charge is 0.396 e. The molecule has 100 valence electrons. The highest BCUT2D eigenvalue weighted by atomic mass is 35.5. The van der Waals surface area contributed by atoms with Crippen LogP contribution in [0.3, 0.4) is 0 Å². The number of hydrogen-bond donors (Lipinski definition) is 2. The molecule has 0 bridgehead atoms. The van der Waals surface area contributed by atoms with E-state index in [2.05, 4.69) is 5.32 Å². The van der Waals surface area contributed by atoms with Gasteiger partial charge < -0.3 is 11.1 Å². The zero-order chi connectivity index (χ0) is 13.9. The SMILES string of the molecule is CC(CNC(=O)c1cc(Cl)c(N)c(Cl)c1)S(C)=O. The molecule has 0 saturated heterocycles. The van der Waals surface area contributed by atoms with E-state index in [9.17, 15) is 9.00 Å². The van der Waals surface area contributed by atoms with Crippen LogP contribution in [0.1, 0.15) is 17.3 Å². The van der Waals surface area contributed by atoms with Crippen molar-refractivity contribution in [3.63, 3.8) is 0 Å². The molecule has 0 aliphatic heterocycles. The lowest BCUT2D eigenvalue weighted by Gasteiger charge is -2.11. The molecular formula is C11H14Cl2N2O2S. The lowest BCUT2D eigenvalue weighted by Crippen LogP contribution is -2.32. The molecule has 2 unspecified atom stereocenters. The van der Waals surface area contributed by atoms with Crippen LogP contribution in [0, 0.1) is 0 Å². The summed E-state index contributed by atoms with van der Waals surface area (Å²) in [4.78, 5) is 11.8. The number of hydrogen-bond acceptors (Lipinski definition) is 3. The van der Waals surface area contributed by atoms with E-state index in [4.69, 9.17) is 28.9 Å². The molecule has 1 aromatic carbocycles. The van der Waals surface area contributed by atoms with Gasteiger partial charge in [0, 0.05) is 34.4 Å². The number of amides is 1. The summed E-state index contributed by atoms with van der Waals surface area (Å²) >= 11 is 11.7. The van der Waals surface area contributed by atoms with Gasteiger partial charge >= 0.3 is 0 Å². The van der Waals surface area contributed by atoms with Gasteiger partial charge in [0.25, 0.3) is 5.91 Å². The Labute approximate surface area is 118 Å². The van der Waals surface area contributed by atoms with Gasteiger partial charge in [0.1, 0.15) is 0 Å². The number of anilines is 1. The van der Waals surface area contributed by atoms with Crippen LogP contribution in [0.2, 0.25) is 10.0 Å². The van der Waals surface area contributed by atoms with Gasteiger partial charge in [0.2, 0.25) is 0 Å². The Morgan fingerprint density at radius 1 is 1.44 bits per heavy atom. The number of carbonyl (C=O) groups is 1. The van der Waals surface area contributed by atoms with Crippen molar-refractivity contribution in [1.29, 1.82) is 0 Å². The molecule has 18 heavy (non-hydrogen) atoms. The van der Waals surface area contributed by atoms with Gasteiger partial charge in [-0.1, -0.05) is 23.2 Å². The lowest BCUT2D eigenvalue weighted by molar-refractivity contribution is 0.0954. The molecule has 0 fully saturated rings. The van der Waals surface area contributed by atoms with Crippen LogP contribution < -0.4 is 11.1 Å². The molecule has 0 saturated carbocycles. The molecular weight excluding hydrogens is 295 g/mol. The molecule has 4 nitrogen and oxygen atoms in total. The van der Waals surface area contributed by atoms with Gasteiger partial charge in [-0.2, -0.15) is 0 Å². The number of nitrogen functional groups attached to an aromatic ring is 1. The molecule has 7 heteroatoms. The number of rotatable bonds is 4. The first kappa shape index (κ1) is 15.3. The Balaban J connectivity index is 2.76. The highest BCUT2D eigenvalue weighted by Gasteiger charge is 2.13. The number of benzene rings is 1. The fraction of sp³-hybridized carbons (Fsp3) is 0.364. The summed E-state index contributed by atoms with van der Waals surface area (Å²) in [5.74, 6) is -0.323. The Bertz CT molecular complexity index is 471. The van der Waals surface area contributed by atoms with Crippen molar-refractivity contribution >= 4 is 45.6 Å². The normalized spacial score (nSPS) is 14.0. The van der Waals surface area contributed by atoms with Crippen molar-refractivity contribution < 1.29 is 9.00 Å². The maximum Gasteiger partial charge on any atom is 0.251 e. The molecule has 0 spiro atoms. The fourth-order valence-corrected chi connectivity index (χ4v) is 1.98. The Morgan fingerprint density at radius 2 is 1.94 bits per heavy atom. The minimum Gasteiger partial charge on any atom is -0.396 e. The summed E-state index contributed by atoms with van der Waals surface area (Å²) in [5, 5.41) is 3.02. The van der Waals surface area contributed by atoms with Crippen LogP contribution >= 0.6 is 23.2 Å². The van der Waals surface area contributed by atoms with E-state index < -0.39 is 10.8 Å². The van der Waals surface area contributed by atoms with Crippen LogP contribution in [-0.4, -0.2) is 28.2 Å². The Morgan fingerprint density at radius 3 is 2.39 bits per heavy atom. The average molecular weight is 309 g/mol. The molecule has 1 rings (SSSR count). The summed E-state index contributed by atoms with van der Waals surface area (Å²) in [5.41, 5.74) is 6.15. The van der Waals surface area contributed by atoms with E-state index in [1.54, 1.807) is 13.2 Å². The van der Waals surface area contributed by atoms with E-state index >= 15 is 0 Å². The van der Waals surface area contributed by atoms with Crippen LogP contribution in [0.15, 0.2) is 12.1 Å². The third-order valence-corrected chi connectivity index (χ3v) is 4.38. The van der Waals surface area contributed by atoms with Crippen molar-refractivity contribution in [2.75, 3.05) is 18.5 Å². The quantitative estimate of drug-likeness (QED) is 0.836. The van der Waals surface area contributed by atoms with Crippen LogP contribution in [0.25, 0.3) is 0 Å². The first-order valence-corrected chi connectivity index (χ1v) is 7.55. The van der Waals surface area contributed by atoms with Gasteiger partial charge in [-0.25, -0.2) is 0 Å². The van der Waals surface area contributed by atoms with Crippen LogP contribution in [0.5, 0.6) is 0 Å². The monoisotopic (exact) mass is 308 g/mol. The molecule has 2 atom stereocenters. The van der Waals surface area contributed by atoms with Crippen LogP contribution in [0.4, 0.5) is 5.69 Å². The maximum absolute atomic E-state index is 11.8. The average Bonchev–Trinajstić information content (AvgIpc) is 2.31. The molecule has 3 N–H and O–H groups in total. The summed E-state index contributed by atoms with van der Waals surface area (Å²) < 4.78 is 11.1. The number of nitrogens with two attached hydrogens (primary N) is 1. The topological polar surface area (TPSA) is 72.2 Å². The second kappa shape index (κ2) is 6.41. The molecule has 0 aliphatic rings. The van der Waals surface area contributed by atoms with E-state index in [0.717, 1.165) is 0 Å². The standard InChI is InChI=1S/C11H14Cl2N2O2S/c1-6(18(2)17)5-15-11(16)7-3-8(12)10(14)9(13)4-7/h3-4,6H,5,14H2,1-2H3,(H,15,16). The predicted molar refractivity (Wildman–Crippen MR) is 76.7 cm³/mol. The highest BCUT2D eigenvalue weighted by Crippen LogP contribution is 2.28. The molecule has 1 amide bonds. The Kier molecular flexibility index (Phi) is 5.44. The number of nitrogens with one attached hydrogen (secondary N) is 1. The molecule has 0 aliphatic carbocycles. The van der Waals surface area contributed by atoms with Crippen LogP contribution in [-0.2, 0) is 10.8 Å². The van der Waals surface area contributed by atoms with E-state index in [1.807, 2.05) is 0 Å². The first-order chi connectivity index (χ1) is 8.32. The van der Waals surface area contributed by atoms with Crippen molar-refractivity contribution in [3.05, 3.63) is 27.7 Å². The summed E-state index contributed by atoms with van der Waals surface area (Å²) in [6.45, 7) is 2.11. The number of halogens is 2. The zero-order valence-corrected chi connectivity index (χ0v) is 12.3. The van der Waals surface area contributed by atoms with E-state index in [1.165, 1.54) is 12.1 Å². The van der Waals surface area contributed by atoms with Crippen molar-refractivity contribution in [3.8, 4) is 0 Å². The van der Waals surface area contributed by atoms with Crippen molar-refractivity contribution in [1.82, 2.24) is 5.32 Å². The van der Waals surface area contributed by atoms with Gasteiger partial charge in [-0.05, 0) is 19.1 Å². The van der Waals surface area contributed by atoms with Gasteiger partial charge in [0.15, 0.2) is 0 Å². The maximum atomic E-state index is 11.8. The second-order valence-electron chi connectivity index (χ2n) is 3.87. The van der Waals surface area contributed by atoms with E-state index in [-0.39, 0.29) is 26.9 Å². The summed E-state index contributed by atoms with van der Waals surface area (Å²) in [6, 6.07) is 2.90. The fourth-order valence-electron chi connectivity index (χ4n) is 1.17. The smallest absolute Gasteiger partial charge is 0.251 e. The van der Waals surface area contributed by atoms with Crippen molar-refractivity contribution in [2.24, 2.45) is 0 Å². The lowest BCUT2D eigenvalue weighted by atomic mass is 10.2. The third-order valence-electron chi connectivity index (χ3n) is 2.46. The van der Waals surface area contributed by atoms with E-state index in [0.29, 0.717) is 12.1 Å². The minimum atomic E-state index is -0.982. The minimum absolute atomic E-state index is 0.117. The second-order valence-corrected chi connectivity index (χ2v) is 6.49. The van der Waals surface area contributed by atoms with Gasteiger partial charge in [-0.15, -0.1) is 0 Å². The molecule has 0 heterocycles. The highest BCUT2D eigenvalue weighted by molar-refractivity contribution is 7.84. The van der Waals surface area contributed by atoms with Gasteiger partial charge in [-0.3, -0.25) is 9.00 Å². The molecule has 1 aromatic rings. The summed E-state index contributed by atoms with van der Waals surface area (Å²) in [7, 11) is -0.982. The van der Waals surface area contributed by atoms with Gasteiger partial charge in [0.05, 0.1) is 15.7 Å². The zero-order valence-electron chi connectivity index (χ0n) is 10.00. The first-order valence-electron chi connectivity index (χ1n) is 5.18. The predicted octanol–water partition coefficient (Wildman–Crippen LogP) is 2.07. The molecule has 0 aromatic heterocycles. The summed E-state index contributed by atoms with van der Waals surface area (Å²) in [6.07, 6.45) is 1.59. The Hall–Kier alpha value is -0.780. The van der Waals surface area contributed by atoms with Crippen molar-refractivity contribution in [2.45, 2.75) is 12.2 Å².